The van der Waals surface area contributed by atoms with Gasteiger partial charge in [0.2, 0.25) is 0 Å². The second-order valence-corrected chi connectivity index (χ2v) is 6.14. The minimum absolute atomic E-state index is 0.278. The average molecular weight is 392 g/mol. The first-order chi connectivity index (χ1) is 14.1. The van der Waals surface area contributed by atoms with Gasteiger partial charge in [-0.15, -0.1) is 0 Å². The maximum Gasteiger partial charge on any atom is 0.271 e. The molecule has 0 unspecified atom stereocenters. The lowest BCUT2D eigenvalue weighted by molar-refractivity contribution is 0.0955. The van der Waals surface area contributed by atoms with Gasteiger partial charge < -0.3 is 9.47 Å². The van der Waals surface area contributed by atoms with Crippen molar-refractivity contribution in [2.24, 2.45) is 5.10 Å². The molecule has 0 aliphatic rings. The number of carbonyl (C=O) groups excluding carboxylic acids is 1. The van der Waals surface area contributed by atoms with Crippen molar-refractivity contribution in [1.29, 1.82) is 0 Å². The number of rotatable bonds is 8. The molecule has 0 bridgehead atoms. The van der Waals surface area contributed by atoms with E-state index in [0.717, 1.165) is 11.1 Å². The number of carbonyl (C=O) groups is 1. The minimum Gasteiger partial charge on any atom is -0.494 e. The highest BCUT2D eigenvalue weighted by molar-refractivity contribution is 5.95. The predicted octanol–water partition coefficient (Wildman–Crippen LogP) is 4.57. The van der Waals surface area contributed by atoms with Gasteiger partial charge in [0.25, 0.3) is 5.91 Å². The predicted molar refractivity (Wildman–Crippen MR) is 110 cm³/mol. The molecule has 1 N–H and O–H groups in total. The van der Waals surface area contributed by atoms with Crippen LogP contribution >= 0.6 is 0 Å². The topological polar surface area (TPSA) is 59.9 Å². The maximum absolute atomic E-state index is 12.9. The quantitative estimate of drug-likeness (QED) is 0.451. The number of nitrogens with zero attached hydrogens (tertiary/aromatic N) is 1. The molecule has 6 heteroatoms. The zero-order chi connectivity index (χ0) is 20.5. The minimum atomic E-state index is -0.312. The van der Waals surface area contributed by atoms with E-state index in [-0.39, 0.29) is 11.7 Å². The molecule has 0 aliphatic carbocycles. The molecule has 29 heavy (non-hydrogen) atoms. The third-order valence-corrected chi connectivity index (χ3v) is 3.98. The molecule has 0 atom stereocenters. The Morgan fingerprint density at radius 1 is 1.00 bits per heavy atom. The fraction of sp³-hybridized carbons (Fsp3) is 0.130. The summed E-state index contributed by atoms with van der Waals surface area (Å²) in [6.45, 7) is 2.80. The monoisotopic (exact) mass is 392 g/mol. The van der Waals surface area contributed by atoms with Crippen molar-refractivity contribution < 1.29 is 18.7 Å². The van der Waals surface area contributed by atoms with Gasteiger partial charge in [-0.3, -0.25) is 4.79 Å². The molecule has 3 rings (SSSR count). The highest BCUT2D eigenvalue weighted by Gasteiger charge is 2.04. The van der Waals surface area contributed by atoms with Crippen LogP contribution in [-0.4, -0.2) is 18.7 Å². The molecular formula is C23H21FN2O3. The van der Waals surface area contributed by atoms with Crippen LogP contribution in [-0.2, 0) is 6.61 Å². The van der Waals surface area contributed by atoms with Gasteiger partial charge in [-0.1, -0.05) is 24.3 Å². The number of nitrogens with one attached hydrogen (secondary N) is 1. The normalized spacial score (nSPS) is 10.7. The first-order valence-electron chi connectivity index (χ1n) is 9.17. The number of hydrogen-bond donors (Lipinski definition) is 1. The zero-order valence-electron chi connectivity index (χ0n) is 16.0. The standard InChI is InChI=1S/C23H21FN2O3/c1-2-28-21-12-8-19(9-13-21)23(27)26-25-15-18-4-3-5-22(14-18)29-16-17-6-10-20(24)11-7-17/h3-15H,2,16H2,1H3,(H,26,27)/b25-15+. The Morgan fingerprint density at radius 3 is 2.48 bits per heavy atom. The van der Waals surface area contributed by atoms with E-state index in [1.807, 2.05) is 25.1 Å². The summed E-state index contributed by atoms with van der Waals surface area (Å²) in [7, 11) is 0. The van der Waals surface area contributed by atoms with E-state index in [1.165, 1.54) is 18.3 Å². The summed E-state index contributed by atoms with van der Waals surface area (Å²) in [5.74, 6) is 0.772. The Morgan fingerprint density at radius 2 is 1.76 bits per heavy atom. The second-order valence-electron chi connectivity index (χ2n) is 6.14. The van der Waals surface area contributed by atoms with Gasteiger partial charge in [0.1, 0.15) is 23.9 Å². The van der Waals surface area contributed by atoms with E-state index >= 15 is 0 Å². The van der Waals surface area contributed by atoms with Crippen molar-refractivity contribution in [1.82, 2.24) is 5.43 Å². The molecule has 0 aliphatic heterocycles. The first-order valence-corrected chi connectivity index (χ1v) is 9.17. The third-order valence-electron chi connectivity index (χ3n) is 3.98. The van der Waals surface area contributed by atoms with Gasteiger partial charge in [-0.25, -0.2) is 9.82 Å². The van der Waals surface area contributed by atoms with Gasteiger partial charge in [-0.05, 0) is 66.6 Å². The number of benzene rings is 3. The third kappa shape index (κ3) is 6.17. The first kappa shape index (κ1) is 20.1. The Balaban J connectivity index is 1.54. The van der Waals surface area contributed by atoms with Gasteiger partial charge in [-0.2, -0.15) is 5.10 Å². The molecule has 0 saturated heterocycles. The highest BCUT2D eigenvalue weighted by Crippen LogP contribution is 2.15. The molecular weight excluding hydrogens is 371 g/mol. The lowest BCUT2D eigenvalue weighted by Crippen LogP contribution is -2.17. The molecule has 0 fully saturated rings. The molecule has 0 radical (unpaired) electrons. The zero-order valence-corrected chi connectivity index (χ0v) is 16.0. The summed E-state index contributed by atoms with van der Waals surface area (Å²) in [5.41, 5.74) is 4.62. The Labute approximate surface area is 168 Å². The second kappa shape index (κ2) is 10.0. The van der Waals surface area contributed by atoms with E-state index in [2.05, 4.69) is 10.5 Å². The van der Waals surface area contributed by atoms with Crippen molar-refractivity contribution in [3.05, 3.63) is 95.3 Å². The lowest BCUT2D eigenvalue weighted by Gasteiger charge is -2.07. The lowest BCUT2D eigenvalue weighted by atomic mass is 10.2. The van der Waals surface area contributed by atoms with Crippen LogP contribution in [0.1, 0.15) is 28.4 Å². The van der Waals surface area contributed by atoms with E-state index in [1.54, 1.807) is 42.5 Å². The van der Waals surface area contributed by atoms with Crippen LogP contribution in [0.4, 0.5) is 4.39 Å². The summed E-state index contributed by atoms with van der Waals surface area (Å²) in [5, 5.41) is 3.99. The van der Waals surface area contributed by atoms with Crippen LogP contribution in [0.5, 0.6) is 11.5 Å². The van der Waals surface area contributed by atoms with Crippen molar-refractivity contribution in [2.45, 2.75) is 13.5 Å². The van der Waals surface area contributed by atoms with Gasteiger partial charge in [0.15, 0.2) is 0 Å². The molecule has 5 nitrogen and oxygen atoms in total. The molecule has 0 saturated carbocycles. The summed E-state index contributed by atoms with van der Waals surface area (Å²) < 4.78 is 24.0. The van der Waals surface area contributed by atoms with Crippen molar-refractivity contribution in [3.63, 3.8) is 0 Å². The molecule has 148 valence electrons. The number of amides is 1. The Hall–Kier alpha value is -3.67. The van der Waals surface area contributed by atoms with Gasteiger partial charge >= 0.3 is 0 Å². The van der Waals surface area contributed by atoms with E-state index in [0.29, 0.717) is 30.3 Å². The van der Waals surface area contributed by atoms with E-state index < -0.39 is 0 Å². The van der Waals surface area contributed by atoms with Crippen molar-refractivity contribution in [2.75, 3.05) is 6.61 Å². The molecule has 3 aromatic rings. The molecule has 3 aromatic carbocycles. The van der Waals surface area contributed by atoms with Crippen LogP contribution in [0.25, 0.3) is 0 Å². The smallest absolute Gasteiger partial charge is 0.271 e. The van der Waals surface area contributed by atoms with Crippen LogP contribution in [0.3, 0.4) is 0 Å². The summed E-state index contributed by atoms with van der Waals surface area (Å²) >= 11 is 0. The van der Waals surface area contributed by atoms with Crippen LogP contribution in [0, 0.1) is 5.82 Å². The Kier molecular flexibility index (Phi) is 6.95. The highest BCUT2D eigenvalue weighted by atomic mass is 19.1. The van der Waals surface area contributed by atoms with E-state index in [4.69, 9.17) is 9.47 Å². The number of ether oxygens (including phenoxy) is 2. The average Bonchev–Trinajstić information content (AvgIpc) is 2.74. The largest absolute Gasteiger partial charge is 0.494 e. The van der Waals surface area contributed by atoms with Crippen molar-refractivity contribution in [3.8, 4) is 11.5 Å². The van der Waals surface area contributed by atoms with Crippen molar-refractivity contribution >= 4 is 12.1 Å². The Bertz CT molecular complexity index is 970. The summed E-state index contributed by atoms with van der Waals surface area (Å²) in [6, 6.07) is 20.3. The maximum atomic E-state index is 12.9. The number of hydrazone groups is 1. The molecule has 1 amide bonds. The SMILES string of the molecule is CCOc1ccc(C(=O)N/N=C/c2cccc(OCc3ccc(F)cc3)c2)cc1. The molecule has 0 aromatic heterocycles. The van der Waals surface area contributed by atoms with Crippen LogP contribution in [0.2, 0.25) is 0 Å². The van der Waals surface area contributed by atoms with Crippen LogP contribution in [0.15, 0.2) is 77.9 Å². The summed E-state index contributed by atoms with van der Waals surface area (Å²) in [6.07, 6.45) is 1.54. The fourth-order valence-electron chi connectivity index (χ4n) is 2.53. The summed E-state index contributed by atoms with van der Waals surface area (Å²) in [4.78, 5) is 12.1. The number of hydrogen-bond acceptors (Lipinski definition) is 4. The van der Waals surface area contributed by atoms with Gasteiger partial charge in [0.05, 0.1) is 12.8 Å². The number of halogens is 1. The van der Waals surface area contributed by atoms with Crippen LogP contribution < -0.4 is 14.9 Å². The fourth-order valence-corrected chi connectivity index (χ4v) is 2.53. The van der Waals surface area contributed by atoms with E-state index in [9.17, 15) is 9.18 Å². The molecule has 0 spiro atoms. The molecule has 0 heterocycles. The van der Waals surface area contributed by atoms with Gasteiger partial charge in [0, 0.05) is 5.56 Å².